The van der Waals surface area contributed by atoms with Crippen LogP contribution in [-0.4, -0.2) is 55.3 Å². The van der Waals surface area contributed by atoms with Crippen molar-refractivity contribution < 1.29 is 53.1 Å². The average Bonchev–Trinajstić information content (AvgIpc) is 3.35. The molecule has 0 amide bonds. The summed E-state index contributed by atoms with van der Waals surface area (Å²) in [7, 11) is 0. The van der Waals surface area contributed by atoms with Crippen molar-refractivity contribution in [1.82, 2.24) is 0 Å². The van der Waals surface area contributed by atoms with Gasteiger partial charge in [0.05, 0.1) is 0 Å². The van der Waals surface area contributed by atoms with Gasteiger partial charge in [0.2, 0.25) is 0 Å². The van der Waals surface area contributed by atoms with Gasteiger partial charge in [-0.3, -0.25) is 0 Å². The zero-order chi connectivity index (χ0) is 35.7. The van der Waals surface area contributed by atoms with Gasteiger partial charge in [-0.1, -0.05) is 146 Å². The third-order valence-electron chi connectivity index (χ3n) is 12.3. The Morgan fingerprint density at radius 3 is 1.17 bits per heavy atom. The van der Waals surface area contributed by atoms with Crippen LogP contribution in [0.25, 0.3) is 21.3 Å². The molecular formula is C44H74N4O2W2-6. The van der Waals surface area contributed by atoms with Gasteiger partial charge in [0.1, 0.15) is 0 Å². The molecule has 6 nitrogen and oxygen atoms in total. The summed E-state index contributed by atoms with van der Waals surface area (Å²) in [5.74, 6) is 2.54. The number of hydrogen-bond acceptors (Lipinski definition) is 0. The Kier molecular flexibility index (Phi) is 26.0. The first-order valence-electron chi connectivity index (χ1n) is 19.1. The maximum absolute atomic E-state index is 4.74. The van der Waals surface area contributed by atoms with E-state index in [1.54, 1.807) is 0 Å². The zero-order valence-corrected chi connectivity index (χ0v) is 41.2. The quantitative estimate of drug-likeness (QED) is 0.266. The molecule has 0 spiro atoms. The van der Waals surface area contributed by atoms with Gasteiger partial charge >= 0.3 is 0 Å². The van der Waals surface area contributed by atoms with Crippen molar-refractivity contribution in [2.75, 3.05) is 26.2 Å². The number of allylic oxidation sites excluding steroid dienone is 2. The van der Waals surface area contributed by atoms with Gasteiger partial charge in [0.25, 0.3) is 0 Å². The van der Waals surface area contributed by atoms with Gasteiger partial charge < -0.3 is 32.2 Å². The van der Waals surface area contributed by atoms with Crippen molar-refractivity contribution in [3.05, 3.63) is 100 Å². The Morgan fingerprint density at radius 1 is 0.538 bits per heavy atom. The second-order valence-electron chi connectivity index (χ2n) is 15.9. The molecule has 6 unspecified atom stereocenters. The van der Waals surface area contributed by atoms with Crippen molar-refractivity contribution in [1.29, 1.82) is 0 Å². The molecule has 2 aromatic carbocycles. The van der Waals surface area contributed by atoms with Crippen molar-refractivity contribution in [3.8, 4) is 0 Å². The standard InChI is InChI=1S/C12H22N2.C12H18N2.2C10H15.2H2O.2W/c2*1-9-3-5-13-11(7-9)12-8-10(2)4-6-14-12;2*1-6-7(2)9(4)10(5)8(6)3;;;;/h9-12H,3-8H2,1-2H3;3,7,10,12H,4-6,8H2,1-2H3;2*1-5H3;2*1H2;;/q2*-2;2*-1;;;;. The molecule has 4 aliphatic heterocycles. The van der Waals surface area contributed by atoms with Crippen molar-refractivity contribution in [3.63, 3.8) is 0 Å². The SMILES string of the molecule is CC1=CC[N-]C(C2CC(C)CC[N-]2)=C1.CC1CC[N-]C(C2CC(C)CC[N-]2)C1.Cc1c(C)c(C)[c-](C)c1C.Cc1c(C)c(C)[c-](C)c1C.O.O.[W].[W]. The minimum absolute atomic E-state index is 0. The molecular weight excluding hydrogens is 984 g/mol. The van der Waals surface area contributed by atoms with Crippen LogP contribution in [0.1, 0.15) is 122 Å². The molecule has 2 aromatic rings. The molecule has 4 N–H and O–H groups in total. The summed E-state index contributed by atoms with van der Waals surface area (Å²) >= 11 is 0. The topological polar surface area (TPSA) is 119 Å². The molecule has 0 bridgehead atoms. The molecule has 0 saturated carbocycles. The predicted octanol–water partition coefficient (Wildman–Crippen LogP) is 10.9. The van der Waals surface area contributed by atoms with Crippen LogP contribution in [0.15, 0.2) is 23.4 Å². The largest absolute Gasteiger partial charge is 0.686 e. The summed E-state index contributed by atoms with van der Waals surface area (Å²) in [5, 5.41) is 18.7. The normalized spacial score (nSPS) is 25.0. The summed E-state index contributed by atoms with van der Waals surface area (Å²) in [6.45, 7) is 35.2. The molecule has 6 atom stereocenters. The summed E-state index contributed by atoms with van der Waals surface area (Å²) in [6.07, 6.45) is 11.9. The summed E-state index contributed by atoms with van der Waals surface area (Å²) in [5.41, 5.74) is 17.2. The predicted molar refractivity (Wildman–Crippen MR) is 220 cm³/mol. The third-order valence-corrected chi connectivity index (χ3v) is 12.3. The average molecular weight is 1060 g/mol. The maximum atomic E-state index is 4.74. The van der Waals surface area contributed by atoms with Gasteiger partial charge in [-0.05, 0) is 24.7 Å². The van der Waals surface area contributed by atoms with E-state index in [0.29, 0.717) is 18.1 Å². The van der Waals surface area contributed by atoms with E-state index in [4.69, 9.17) is 10.6 Å². The molecule has 0 aliphatic carbocycles. The molecule has 0 aromatic heterocycles. The van der Waals surface area contributed by atoms with E-state index >= 15 is 0 Å². The van der Waals surface area contributed by atoms with E-state index in [-0.39, 0.29) is 53.1 Å². The third kappa shape index (κ3) is 15.0. The van der Waals surface area contributed by atoms with Gasteiger partial charge in [0, 0.05) is 42.1 Å². The van der Waals surface area contributed by atoms with Crippen LogP contribution >= 0.6 is 0 Å². The minimum Gasteiger partial charge on any atom is -0.686 e. The smallest absolute Gasteiger partial charge is 0 e. The molecule has 300 valence electrons. The second-order valence-corrected chi connectivity index (χ2v) is 15.9. The monoisotopic (exact) mass is 1060 g/mol. The van der Waals surface area contributed by atoms with E-state index in [2.05, 4.69) is 120 Å². The Balaban J connectivity index is 0. The molecule has 0 radical (unpaired) electrons. The fourth-order valence-electron chi connectivity index (χ4n) is 7.57. The Hall–Kier alpha value is -0.843. The van der Waals surface area contributed by atoms with Gasteiger partial charge in [0.15, 0.2) is 0 Å². The van der Waals surface area contributed by atoms with E-state index in [1.165, 1.54) is 105 Å². The number of piperidine rings is 3. The van der Waals surface area contributed by atoms with Crippen molar-refractivity contribution in [2.24, 2.45) is 17.8 Å². The van der Waals surface area contributed by atoms with Crippen molar-refractivity contribution in [2.45, 2.75) is 154 Å². The summed E-state index contributed by atoms with van der Waals surface area (Å²) < 4.78 is 0. The second kappa shape index (κ2) is 25.3. The van der Waals surface area contributed by atoms with E-state index < -0.39 is 0 Å². The van der Waals surface area contributed by atoms with E-state index in [1.807, 2.05) is 0 Å². The van der Waals surface area contributed by atoms with Gasteiger partial charge in [-0.15, -0.1) is 32.2 Å². The Labute approximate surface area is 348 Å². The first kappa shape index (κ1) is 53.3. The molecule has 3 fully saturated rings. The molecule has 3 saturated heterocycles. The molecule has 8 heteroatoms. The summed E-state index contributed by atoms with van der Waals surface area (Å²) in [6, 6.07) is 1.49. The van der Waals surface area contributed by atoms with Gasteiger partial charge in [-0.25, -0.2) is 0 Å². The van der Waals surface area contributed by atoms with E-state index in [9.17, 15) is 0 Å². The van der Waals surface area contributed by atoms with Crippen LogP contribution in [0.2, 0.25) is 0 Å². The first-order chi connectivity index (χ1) is 22.6. The van der Waals surface area contributed by atoms with Gasteiger partial charge in [-0.2, -0.15) is 73.4 Å². The summed E-state index contributed by atoms with van der Waals surface area (Å²) in [4.78, 5) is 0. The zero-order valence-electron chi connectivity index (χ0n) is 35.3. The molecule has 52 heavy (non-hydrogen) atoms. The van der Waals surface area contributed by atoms with Crippen molar-refractivity contribution >= 4 is 0 Å². The Morgan fingerprint density at radius 2 is 0.885 bits per heavy atom. The maximum Gasteiger partial charge on any atom is 0 e. The number of nitrogens with zero attached hydrogens (tertiary/aromatic N) is 4. The Bertz CT molecular complexity index is 1150. The fraction of sp³-hybridized carbons (Fsp3) is 0.682. The molecule has 4 aliphatic rings. The molecule has 4 heterocycles. The van der Waals surface area contributed by atoms with Crippen LogP contribution < -0.4 is 0 Å². The fourth-order valence-corrected chi connectivity index (χ4v) is 7.57. The minimum atomic E-state index is 0. The molecule has 6 rings (SSSR count). The number of rotatable bonds is 2. The van der Waals surface area contributed by atoms with Crippen LogP contribution in [0.5, 0.6) is 0 Å². The first-order valence-corrected chi connectivity index (χ1v) is 19.1. The van der Waals surface area contributed by atoms with Crippen LogP contribution in [0.3, 0.4) is 0 Å². The van der Waals surface area contributed by atoms with Crippen LogP contribution in [0, 0.1) is 87.0 Å². The number of hydrogen-bond donors (Lipinski definition) is 0. The van der Waals surface area contributed by atoms with E-state index in [0.717, 1.165) is 43.9 Å². The van der Waals surface area contributed by atoms with Crippen LogP contribution in [0.4, 0.5) is 0 Å². The van der Waals surface area contributed by atoms with Crippen LogP contribution in [-0.2, 0) is 42.1 Å².